The average Bonchev–Trinajstić information content (AvgIpc) is 2.08. The van der Waals surface area contributed by atoms with E-state index < -0.39 is 5.97 Å². The number of aliphatic hydroxyl groups excluding tert-OH is 1. The molecule has 70 valence electrons. The van der Waals surface area contributed by atoms with Crippen LogP contribution in [0.25, 0.3) is 0 Å². The molecule has 0 saturated carbocycles. The van der Waals surface area contributed by atoms with Gasteiger partial charge >= 0.3 is 5.97 Å². The summed E-state index contributed by atoms with van der Waals surface area (Å²) in [7, 11) is 0. The summed E-state index contributed by atoms with van der Waals surface area (Å²) in [5, 5.41) is 17.4. The van der Waals surface area contributed by atoms with E-state index in [1.807, 2.05) is 13.0 Å². The second-order valence-corrected chi connectivity index (χ2v) is 2.99. The van der Waals surface area contributed by atoms with Gasteiger partial charge in [0.25, 0.3) is 0 Å². The van der Waals surface area contributed by atoms with Crippen LogP contribution in [-0.2, 0) is 17.8 Å². The van der Waals surface area contributed by atoms with E-state index in [9.17, 15) is 4.79 Å². The van der Waals surface area contributed by atoms with Crippen molar-refractivity contribution in [3.63, 3.8) is 0 Å². The zero-order valence-electron chi connectivity index (χ0n) is 7.45. The molecule has 1 aromatic carbocycles. The Morgan fingerprint density at radius 2 is 2.15 bits per heavy atom. The Hall–Kier alpha value is -1.35. The largest absolute Gasteiger partial charge is 0.481 e. The number of carboxylic acids is 1. The molecule has 13 heavy (non-hydrogen) atoms. The number of hydrogen-bond acceptors (Lipinski definition) is 2. The van der Waals surface area contributed by atoms with Gasteiger partial charge in [0.1, 0.15) is 0 Å². The van der Waals surface area contributed by atoms with Crippen molar-refractivity contribution in [3.8, 4) is 0 Å². The summed E-state index contributed by atoms with van der Waals surface area (Å²) in [6.45, 7) is 1.81. The molecule has 0 atom stereocenters. The highest BCUT2D eigenvalue weighted by Crippen LogP contribution is 2.11. The highest BCUT2D eigenvalue weighted by molar-refractivity contribution is 5.70. The van der Waals surface area contributed by atoms with Gasteiger partial charge in [-0.25, -0.2) is 0 Å². The average molecular weight is 180 g/mol. The highest BCUT2D eigenvalue weighted by atomic mass is 16.4. The van der Waals surface area contributed by atoms with Crippen molar-refractivity contribution in [2.75, 3.05) is 0 Å². The molecule has 1 aromatic rings. The summed E-state index contributed by atoms with van der Waals surface area (Å²) in [6.07, 6.45) is 0.0136. The van der Waals surface area contributed by atoms with Crippen molar-refractivity contribution in [2.24, 2.45) is 0 Å². The lowest BCUT2D eigenvalue weighted by Crippen LogP contribution is -2.02. The molecule has 0 spiro atoms. The first kappa shape index (κ1) is 9.74. The minimum Gasteiger partial charge on any atom is -0.481 e. The van der Waals surface area contributed by atoms with E-state index in [0.717, 1.165) is 16.7 Å². The number of carbonyl (C=O) groups is 1. The minimum absolute atomic E-state index is 0.0136. The fourth-order valence-corrected chi connectivity index (χ4v) is 1.18. The zero-order chi connectivity index (χ0) is 9.84. The van der Waals surface area contributed by atoms with Crippen LogP contribution in [-0.4, -0.2) is 16.2 Å². The van der Waals surface area contributed by atoms with Gasteiger partial charge in [0.15, 0.2) is 0 Å². The maximum atomic E-state index is 10.5. The van der Waals surface area contributed by atoms with Crippen LogP contribution in [0.2, 0.25) is 0 Å². The summed E-state index contributed by atoms with van der Waals surface area (Å²) >= 11 is 0. The van der Waals surface area contributed by atoms with Crippen molar-refractivity contribution >= 4 is 5.97 Å². The third-order valence-corrected chi connectivity index (χ3v) is 1.94. The molecule has 0 amide bonds. The Morgan fingerprint density at radius 3 is 2.69 bits per heavy atom. The topological polar surface area (TPSA) is 57.5 Å². The third-order valence-electron chi connectivity index (χ3n) is 1.94. The van der Waals surface area contributed by atoms with Gasteiger partial charge in [-0.1, -0.05) is 18.2 Å². The molecule has 0 aliphatic carbocycles. The van der Waals surface area contributed by atoms with Gasteiger partial charge in [-0.3, -0.25) is 4.79 Å². The molecule has 3 heteroatoms. The van der Waals surface area contributed by atoms with E-state index in [2.05, 4.69) is 0 Å². The Morgan fingerprint density at radius 1 is 1.46 bits per heavy atom. The number of hydrogen-bond donors (Lipinski definition) is 2. The zero-order valence-corrected chi connectivity index (χ0v) is 7.45. The lowest BCUT2D eigenvalue weighted by atomic mass is 10.0. The first-order valence-corrected chi connectivity index (χ1v) is 4.04. The van der Waals surface area contributed by atoms with Gasteiger partial charge in [-0.15, -0.1) is 0 Å². The first-order valence-electron chi connectivity index (χ1n) is 4.04. The molecule has 0 saturated heterocycles. The van der Waals surface area contributed by atoms with E-state index in [0.29, 0.717) is 0 Å². The molecule has 2 N–H and O–H groups in total. The first-order chi connectivity index (χ1) is 6.13. The number of benzene rings is 1. The predicted octanol–water partition coefficient (Wildman–Crippen LogP) is 1.11. The molecule has 0 bridgehead atoms. The van der Waals surface area contributed by atoms with E-state index in [4.69, 9.17) is 10.2 Å². The summed E-state index contributed by atoms with van der Waals surface area (Å²) in [5.41, 5.74) is 2.46. The Balaban J connectivity index is 2.96. The van der Waals surface area contributed by atoms with Crippen LogP contribution >= 0.6 is 0 Å². The van der Waals surface area contributed by atoms with Crippen LogP contribution in [0.1, 0.15) is 16.7 Å². The summed E-state index contributed by atoms with van der Waals surface area (Å²) < 4.78 is 0. The number of carboxylic acid groups (broad SMARTS) is 1. The van der Waals surface area contributed by atoms with Crippen LogP contribution < -0.4 is 0 Å². The summed E-state index contributed by atoms with van der Waals surface area (Å²) in [5.74, 6) is -0.849. The second-order valence-electron chi connectivity index (χ2n) is 2.99. The smallest absolute Gasteiger partial charge is 0.307 e. The minimum atomic E-state index is -0.849. The van der Waals surface area contributed by atoms with Gasteiger partial charge in [0.2, 0.25) is 0 Å². The van der Waals surface area contributed by atoms with Crippen LogP contribution in [0, 0.1) is 6.92 Å². The third kappa shape index (κ3) is 2.56. The van der Waals surface area contributed by atoms with Gasteiger partial charge in [-0.2, -0.15) is 0 Å². The normalized spacial score (nSPS) is 10.0. The van der Waals surface area contributed by atoms with Gasteiger partial charge in [0, 0.05) is 0 Å². The van der Waals surface area contributed by atoms with Crippen LogP contribution in [0.15, 0.2) is 18.2 Å². The van der Waals surface area contributed by atoms with E-state index in [-0.39, 0.29) is 13.0 Å². The van der Waals surface area contributed by atoms with E-state index in [1.165, 1.54) is 0 Å². The lowest BCUT2D eigenvalue weighted by molar-refractivity contribution is -0.136. The number of aliphatic hydroxyl groups is 1. The van der Waals surface area contributed by atoms with Crippen molar-refractivity contribution in [2.45, 2.75) is 20.0 Å². The molecule has 0 heterocycles. The van der Waals surface area contributed by atoms with Crippen molar-refractivity contribution in [3.05, 3.63) is 34.9 Å². The predicted molar refractivity (Wildman–Crippen MR) is 48.4 cm³/mol. The lowest BCUT2D eigenvalue weighted by Gasteiger charge is -2.04. The summed E-state index contributed by atoms with van der Waals surface area (Å²) in [4.78, 5) is 10.5. The van der Waals surface area contributed by atoms with Crippen LogP contribution in [0.3, 0.4) is 0 Å². The maximum Gasteiger partial charge on any atom is 0.307 e. The van der Waals surface area contributed by atoms with Crippen molar-refractivity contribution < 1.29 is 15.0 Å². The van der Waals surface area contributed by atoms with Crippen molar-refractivity contribution in [1.29, 1.82) is 0 Å². The van der Waals surface area contributed by atoms with Crippen LogP contribution in [0.5, 0.6) is 0 Å². The SMILES string of the molecule is Cc1ccc(CO)cc1CC(=O)O. The fourth-order valence-electron chi connectivity index (χ4n) is 1.18. The molecule has 0 aliphatic rings. The summed E-state index contributed by atoms with van der Waals surface area (Å²) in [6, 6.07) is 5.34. The Kier molecular flexibility index (Phi) is 3.03. The van der Waals surface area contributed by atoms with Crippen molar-refractivity contribution in [1.82, 2.24) is 0 Å². The fraction of sp³-hybridized carbons (Fsp3) is 0.300. The van der Waals surface area contributed by atoms with E-state index in [1.54, 1.807) is 12.1 Å². The van der Waals surface area contributed by atoms with Gasteiger partial charge in [-0.05, 0) is 23.6 Å². The van der Waals surface area contributed by atoms with Crippen LogP contribution in [0.4, 0.5) is 0 Å². The quantitative estimate of drug-likeness (QED) is 0.732. The molecule has 0 radical (unpaired) electrons. The monoisotopic (exact) mass is 180 g/mol. The molecule has 0 fully saturated rings. The maximum absolute atomic E-state index is 10.5. The molecule has 1 rings (SSSR count). The molecular formula is C10H12O3. The van der Waals surface area contributed by atoms with E-state index >= 15 is 0 Å². The second kappa shape index (κ2) is 4.05. The highest BCUT2D eigenvalue weighted by Gasteiger charge is 2.04. The van der Waals surface area contributed by atoms with Gasteiger partial charge in [0.05, 0.1) is 13.0 Å². The Bertz CT molecular complexity index is 318. The number of aliphatic carboxylic acids is 1. The van der Waals surface area contributed by atoms with Gasteiger partial charge < -0.3 is 10.2 Å². The molecular weight excluding hydrogens is 168 g/mol. The molecule has 0 unspecified atom stereocenters. The molecule has 3 nitrogen and oxygen atoms in total. The number of rotatable bonds is 3. The standard InChI is InChI=1S/C10H12O3/c1-7-2-3-8(6-11)4-9(7)5-10(12)13/h2-4,11H,5-6H2,1H3,(H,12,13). The number of aryl methyl sites for hydroxylation is 1. The molecule has 0 aliphatic heterocycles. The molecule has 0 aromatic heterocycles. The Labute approximate surface area is 76.6 Å².